The summed E-state index contributed by atoms with van der Waals surface area (Å²) in [6.07, 6.45) is 0. The van der Waals surface area contributed by atoms with E-state index in [-0.39, 0.29) is 16.9 Å². The summed E-state index contributed by atoms with van der Waals surface area (Å²) in [6.45, 7) is 1.43. The van der Waals surface area contributed by atoms with Crippen LogP contribution in [0.5, 0.6) is 0 Å². The van der Waals surface area contributed by atoms with Crippen LogP contribution in [0.15, 0.2) is 42.5 Å². The van der Waals surface area contributed by atoms with Gasteiger partial charge in [0.05, 0.1) is 5.97 Å². The zero-order valence-electron chi connectivity index (χ0n) is 10.1. The third-order valence-corrected chi connectivity index (χ3v) is 2.78. The van der Waals surface area contributed by atoms with Gasteiger partial charge in [-0.2, -0.15) is 0 Å². The van der Waals surface area contributed by atoms with E-state index < -0.39 is 11.8 Å². The van der Waals surface area contributed by atoms with Crippen molar-refractivity contribution < 1.29 is 19.1 Å². The lowest BCUT2D eigenvalue weighted by atomic mass is 10.00. The molecule has 0 fully saturated rings. The third kappa shape index (κ3) is 2.68. The predicted molar refractivity (Wildman–Crippen MR) is 66.2 cm³/mol. The predicted octanol–water partition coefficient (Wildman–Crippen LogP) is 2.06. The number of hydrogen-bond acceptors (Lipinski definition) is 3. The van der Waals surface area contributed by atoms with Crippen LogP contribution >= 0.6 is 0 Å². The fraction of sp³-hybridized carbons (Fsp3) is 0.0667. The van der Waals surface area contributed by atoms with E-state index >= 15 is 0 Å². The van der Waals surface area contributed by atoms with Crippen molar-refractivity contribution in [3.63, 3.8) is 0 Å². The Morgan fingerprint density at radius 2 is 1.79 bits per heavy atom. The summed E-state index contributed by atoms with van der Waals surface area (Å²) in [6, 6.07) is 10.1. The van der Waals surface area contributed by atoms with Crippen LogP contribution in [0.3, 0.4) is 0 Å². The minimum Gasteiger partial charge on any atom is -0.545 e. The fourth-order valence-electron chi connectivity index (χ4n) is 1.78. The smallest absolute Gasteiger partial charge is 0.159 e. The largest absolute Gasteiger partial charge is 0.545 e. The van der Waals surface area contributed by atoms with Gasteiger partial charge in [0.1, 0.15) is 5.82 Å². The van der Waals surface area contributed by atoms with Gasteiger partial charge < -0.3 is 9.90 Å². The molecule has 2 rings (SSSR count). The van der Waals surface area contributed by atoms with Crippen molar-refractivity contribution in [3.05, 3.63) is 59.4 Å². The lowest BCUT2D eigenvalue weighted by Crippen LogP contribution is -2.22. The molecule has 0 unspecified atom stereocenters. The first kappa shape index (κ1) is 13.0. The van der Waals surface area contributed by atoms with E-state index in [1.807, 2.05) is 0 Å². The van der Waals surface area contributed by atoms with E-state index in [0.717, 1.165) is 6.07 Å². The number of rotatable bonds is 3. The summed E-state index contributed by atoms with van der Waals surface area (Å²) >= 11 is 0. The average molecular weight is 257 g/mol. The van der Waals surface area contributed by atoms with Gasteiger partial charge in [0.2, 0.25) is 0 Å². The Hall–Kier alpha value is -2.49. The molecule has 19 heavy (non-hydrogen) atoms. The van der Waals surface area contributed by atoms with E-state index in [1.165, 1.54) is 19.1 Å². The molecular weight excluding hydrogens is 247 g/mol. The molecule has 0 aromatic heterocycles. The van der Waals surface area contributed by atoms with Crippen molar-refractivity contribution in [2.75, 3.05) is 0 Å². The molecule has 0 bridgehead atoms. The Bertz CT molecular complexity index is 662. The number of carboxylic acid groups (broad SMARTS) is 1. The summed E-state index contributed by atoms with van der Waals surface area (Å²) < 4.78 is 13.9. The van der Waals surface area contributed by atoms with Crippen molar-refractivity contribution in [3.8, 4) is 11.1 Å². The third-order valence-electron chi connectivity index (χ3n) is 2.78. The molecule has 0 heterocycles. The van der Waals surface area contributed by atoms with E-state index in [0.29, 0.717) is 11.1 Å². The van der Waals surface area contributed by atoms with Gasteiger partial charge in [-0.1, -0.05) is 30.3 Å². The summed E-state index contributed by atoms with van der Waals surface area (Å²) in [7, 11) is 0. The van der Waals surface area contributed by atoms with Crippen molar-refractivity contribution in [1.29, 1.82) is 0 Å². The maximum atomic E-state index is 13.9. The lowest BCUT2D eigenvalue weighted by molar-refractivity contribution is -0.255. The molecule has 0 aliphatic heterocycles. The van der Waals surface area contributed by atoms with Gasteiger partial charge in [0, 0.05) is 16.7 Å². The van der Waals surface area contributed by atoms with Gasteiger partial charge >= 0.3 is 0 Å². The summed E-state index contributed by atoms with van der Waals surface area (Å²) in [4.78, 5) is 21.9. The van der Waals surface area contributed by atoms with Gasteiger partial charge in [-0.3, -0.25) is 4.79 Å². The molecule has 0 spiro atoms. The number of aromatic carboxylic acids is 1. The fourth-order valence-corrected chi connectivity index (χ4v) is 1.78. The number of halogens is 1. The molecule has 2 aromatic carbocycles. The molecule has 0 radical (unpaired) electrons. The molecule has 0 amide bonds. The van der Waals surface area contributed by atoms with Gasteiger partial charge in [-0.05, 0) is 24.6 Å². The second kappa shape index (κ2) is 5.02. The maximum absolute atomic E-state index is 13.9. The molecule has 0 aliphatic carbocycles. The molecule has 0 saturated heterocycles. The SMILES string of the molecule is CC(=O)c1cccc(-c2ccc(C(=O)[O-])cc2F)c1. The number of Topliss-reactive ketones (excluding diaryl/α,β-unsaturated/α-hetero) is 1. The molecule has 0 atom stereocenters. The van der Waals surface area contributed by atoms with Gasteiger partial charge in [-0.25, -0.2) is 4.39 Å². The summed E-state index contributed by atoms with van der Waals surface area (Å²) in [5.74, 6) is -2.21. The Balaban J connectivity index is 2.50. The molecule has 2 aromatic rings. The van der Waals surface area contributed by atoms with Crippen LogP contribution in [-0.4, -0.2) is 11.8 Å². The van der Waals surface area contributed by atoms with Gasteiger partial charge in [0.25, 0.3) is 0 Å². The first-order valence-corrected chi connectivity index (χ1v) is 5.61. The number of benzene rings is 2. The number of ketones is 1. The average Bonchev–Trinajstić information content (AvgIpc) is 2.38. The van der Waals surface area contributed by atoms with E-state index in [2.05, 4.69) is 0 Å². The molecule has 4 heteroatoms. The normalized spacial score (nSPS) is 10.2. The molecule has 0 N–H and O–H groups in total. The van der Waals surface area contributed by atoms with Crippen molar-refractivity contribution >= 4 is 11.8 Å². The lowest BCUT2D eigenvalue weighted by Gasteiger charge is -2.08. The van der Waals surface area contributed by atoms with Crippen LogP contribution in [0, 0.1) is 5.82 Å². The van der Waals surface area contributed by atoms with Crippen molar-refractivity contribution in [1.82, 2.24) is 0 Å². The highest BCUT2D eigenvalue weighted by molar-refractivity contribution is 5.95. The number of hydrogen-bond donors (Lipinski definition) is 0. The van der Waals surface area contributed by atoms with Crippen molar-refractivity contribution in [2.24, 2.45) is 0 Å². The number of carbonyl (C=O) groups excluding carboxylic acids is 2. The van der Waals surface area contributed by atoms with Crippen LogP contribution in [0.4, 0.5) is 4.39 Å². The quantitative estimate of drug-likeness (QED) is 0.791. The van der Waals surface area contributed by atoms with Gasteiger partial charge in [-0.15, -0.1) is 0 Å². The second-order valence-electron chi connectivity index (χ2n) is 4.12. The van der Waals surface area contributed by atoms with Crippen LogP contribution in [0.25, 0.3) is 11.1 Å². The zero-order chi connectivity index (χ0) is 14.0. The Kier molecular flexibility index (Phi) is 3.42. The molecule has 96 valence electrons. The molecular formula is C15H10FO3-. The first-order valence-electron chi connectivity index (χ1n) is 5.61. The zero-order valence-corrected chi connectivity index (χ0v) is 10.1. The highest BCUT2D eigenvalue weighted by Crippen LogP contribution is 2.24. The molecule has 0 aliphatic rings. The minimum atomic E-state index is -1.43. The monoisotopic (exact) mass is 257 g/mol. The molecule has 3 nitrogen and oxygen atoms in total. The number of carbonyl (C=O) groups is 2. The summed E-state index contributed by atoms with van der Waals surface area (Å²) in [5.41, 5.74) is 1.02. The Morgan fingerprint density at radius 3 is 2.37 bits per heavy atom. The second-order valence-corrected chi connectivity index (χ2v) is 4.12. The van der Waals surface area contributed by atoms with Crippen LogP contribution in [-0.2, 0) is 0 Å². The van der Waals surface area contributed by atoms with E-state index in [9.17, 15) is 19.1 Å². The summed E-state index contributed by atoms with van der Waals surface area (Å²) in [5, 5.41) is 10.6. The maximum Gasteiger partial charge on any atom is 0.159 e. The topological polar surface area (TPSA) is 57.2 Å². The highest BCUT2D eigenvalue weighted by Gasteiger charge is 2.08. The van der Waals surface area contributed by atoms with E-state index in [4.69, 9.17) is 0 Å². The standard InChI is InChI=1S/C15H11FO3/c1-9(17)10-3-2-4-11(7-10)13-6-5-12(15(18)19)8-14(13)16/h2-8H,1H3,(H,18,19)/p-1. The van der Waals surface area contributed by atoms with E-state index in [1.54, 1.807) is 24.3 Å². The van der Waals surface area contributed by atoms with Crippen LogP contribution in [0.2, 0.25) is 0 Å². The van der Waals surface area contributed by atoms with Gasteiger partial charge in [0.15, 0.2) is 5.78 Å². The van der Waals surface area contributed by atoms with Crippen LogP contribution in [0.1, 0.15) is 27.6 Å². The Labute approximate surface area is 109 Å². The molecule has 0 saturated carbocycles. The van der Waals surface area contributed by atoms with Crippen LogP contribution < -0.4 is 5.11 Å². The highest BCUT2D eigenvalue weighted by atomic mass is 19.1. The minimum absolute atomic E-state index is 0.117. The first-order chi connectivity index (χ1) is 8.99. The Morgan fingerprint density at radius 1 is 1.05 bits per heavy atom. The van der Waals surface area contributed by atoms with Crippen molar-refractivity contribution in [2.45, 2.75) is 6.92 Å². The number of carboxylic acids is 1.